The number of ether oxygens (including phenoxy) is 1. The van der Waals surface area contributed by atoms with Crippen molar-refractivity contribution in [3.8, 4) is 17.1 Å². The second-order valence-electron chi connectivity index (χ2n) is 6.88. The summed E-state index contributed by atoms with van der Waals surface area (Å²) in [5.74, 6) is 1.70. The fraction of sp³-hybridized carbons (Fsp3) is 0.261. The van der Waals surface area contributed by atoms with Gasteiger partial charge in [0.05, 0.1) is 12.4 Å². The van der Waals surface area contributed by atoms with Crippen LogP contribution < -0.4 is 10.1 Å². The molecule has 3 rings (SSSR count). The van der Waals surface area contributed by atoms with Crippen LogP contribution in [0.1, 0.15) is 18.1 Å². The van der Waals surface area contributed by atoms with E-state index >= 15 is 0 Å². The summed E-state index contributed by atoms with van der Waals surface area (Å²) in [6, 6.07) is 13.7. The monoisotopic (exact) mass is 422 g/mol. The number of nitrogens with one attached hydrogen (secondary N) is 1. The molecule has 1 N–H and O–H groups in total. The van der Waals surface area contributed by atoms with E-state index in [1.807, 2.05) is 61.7 Å². The lowest BCUT2D eigenvalue weighted by atomic mass is 10.1. The van der Waals surface area contributed by atoms with E-state index in [1.54, 1.807) is 6.08 Å². The van der Waals surface area contributed by atoms with E-state index in [0.29, 0.717) is 18.3 Å². The first-order chi connectivity index (χ1) is 14.5. The number of carbonyl (C=O) groups is 1. The van der Waals surface area contributed by atoms with Gasteiger partial charge in [-0.1, -0.05) is 23.9 Å². The normalized spacial score (nSPS) is 10.6. The molecule has 1 amide bonds. The Balaban J connectivity index is 1.71. The highest BCUT2D eigenvalue weighted by Crippen LogP contribution is 2.26. The highest BCUT2D eigenvalue weighted by atomic mass is 32.2. The largest absolute Gasteiger partial charge is 0.494 e. The number of benzene rings is 2. The number of anilines is 1. The van der Waals surface area contributed by atoms with Crippen LogP contribution in [-0.2, 0) is 11.3 Å². The molecular weight excluding hydrogens is 396 g/mol. The van der Waals surface area contributed by atoms with Gasteiger partial charge in [0.15, 0.2) is 11.0 Å². The zero-order chi connectivity index (χ0) is 21.5. The fourth-order valence-electron chi connectivity index (χ4n) is 3.14. The first kappa shape index (κ1) is 21.6. The van der Waals surface area contributed by atoms with Gasteiger partial charge in [-0.3, -0.25) is 9.36 Å². The number of allylic oxidation sites excluding steroid dienone is 1. The van der Waals surface area contributed by atoms with Crippen molar-refractivity contribution in [2.24, 2.45) is 0 Å². The topological polar surface area (TPSA) is 69.0 Å². The lowest BCUT2D eigenvalue weighted by Gasteiger charge is -2.09. The van der Waals surface area contributed by atoms with Crippen LogP contribution in [-0.4, -0.2) is 33.0 Å². The highest BCUT2D eigenvalue weighted by Gasteiger charge is 2.15. The molecule has 0 atom stereocenters. The smallest absolute Gasteiger partial charge is 0.234 e. The van der Waals surface area contributed by atoms with Gasteiger partial charge >= 0.3 is 0 Å². The van der Waals surface area contributed by atoms with Crippen LogP contribution in [0.15, 0.2) is 60.3 Å². The van der Waals surface area contributed by atoms with Crippen LogP contribution in [0.3, 0.4) is 0 Å². The molecule has 0 spiro atoms. The number of thioether (sulfide) groups is 1. The maximum Gasteiger partial charge on any atom is 0.234 e. The van der Waals surface area contributed by atoms with E-state index < -0.39 is 0 Å². The third-order valence-electron chi connectivity index (χ3n) is 4.29. The van der Waals surface area contributed by atoms with E-state index in [0.717, 1.165) is 34.0 Å². The SMILES string of the molecule is C=CCn1c(SCC(=O)Nc2cc(C)cc(C)c2)nnc1-c1ccc(OCC)cc1. The van der Waals surface area contributed by atoms with E-state index in [1.165, 1.54) is 11.8 Å². The van der Waals surface area contributed by atoms with E-state index in [-0.39, 0.29) is 11.7 Å². The van der Waals surface area contributed by atoms with Crippen LogP contribution in [0.25, 0.3) is 11.4 Å². The summed E-state index contributed by atoms with van der Waals surface area (Å²) >= 11 is 1.35. The number of amides is 1. The number of hydrogen-bond donors (Lipinski definition) is 1. The summed E-state index contributed by atoms with van der Waals surface area (Å²) < 4.78 is 7.46. The predicted octanol–water partition coefficient (Wildman–Crippen LogP) is 4.88. The Morgan fingerprint density at radius 1 is 1.17 bits per heavy atom. The molecular formula is C23H26N4O2S. The second kappa shape index (κ2) is 10.1. The minimum atomic E-state index is -0.0826. The Bertz CT molecular complexity index is 1010. The number of nitrogens with zero attached hydrogens (tertiary/aromatic N) is 3. The van der Waals surface area contributed by atoms with Gasteiger partial charge in [-0.25, -0.2) is 0 Å². The third kappa shape index (κ3) is 5.51. The molecule has 6 nitrogen and oxygen atoms in total. The average molecular weight is 423 g/mol. The van der Waals surface area contributed by atoms with Crippen LogP contribution in [0.2, 0.25) is 0 Å². The number of rotatable bonds is 9. The summed E-state index contributed by atoms with van der Waals surface area (Å²) in [4.78, 5) is 12.4. The number of aromatic nitrogens is 3. The molecule has 1 heterocycles. The minimum absolute atomic E-state index is 0.0826. The summed E-state index contributed by atoms with van der Waals surface area (Å²) in [5.41, 5.74) is 3.97. The van der Waals surface area contributed by atoms with E-state index in [4.69, 9.17) is 4.74 Å². The molecule has 156 valence electrons. The van der Waals surface area contributed by atoms with Crippen LogP contribution in [0, 0.1) is 13.8 Å². The van der Waals surface area contributed by atoms with Crippen molar-refractivity contribution in [2.75, 3.05) is 17.7 Å². The van der Waals surface area contributed by atoms with Gasteiger partial charge in [0, 0.05) is 17.8 Å². The molecule has 0 aliphatic carbocycles. The zero-order valence-corrected chi connectivity index (χ0v) is 18.3. The quantitative estimate of drug-likeness (QED) is 0.393. The Morgan fingerprint density at radius 3 is 2.50 bits per heavy atom. The van der Waals surface area contributed by atoms with Gasteiger partial charge in [0.2, 0.25) is 5.91 Å². The fourth-order valence-corrected chi connectivity index (χ4v) is 3.89. The molecule has 0 radical (unpaired) electrons. The third-order valence-corrected chi connectivity index (χ3v) is 5.26. The molecule has 2 aromatic carbocycles. The molecule has 0 unspecified atom stereocenters. The highest BCUT2D eigenvalue weighted by molar-refractivity contribution is 7.99. The summed E-state index contributed by atoms with van der Waals surface area (Å²) in [6.45, 7) is 11.0. The van der Waals surface area contributed by atoms with Crippen molar-refractivity contribution in [1.82, 2.24) is 14.8 Å². The summed E-state index contributed by atoms with van der Waals surface area (Å²) in [5, 5.41) is 12.3. The molecule has 0 fully saturated rings. The minimum Gasteiger partial charge on any atom is -0.494 e. The lowest BCUT2D eigenvalue weighted by Crippen LogP contribution is -2.15. The maximum absolute atomic E-state index is 12.4. The second-order valence-corrected chi connectivity index (χ2v) is 7.82. The number of carbonyl (C=O) groups excluding carboxylic acids is 1. The molecule has 0 bridgehead atoms. The van der Waals surface area contributed by atoms with Crippen molar-refractivity contribution in [3.63, 3.8) is 0 Å². The van der Waals surface area contributed by atoms with Crippen molar-refractivity contribution >= 4 is 23.4 Å². The number of hydrogen-bond acceptors (Lipinski definition) is 5. The van der Waals surface area contributed by atoms with Gasteiger partial charge in [-0.05, 0) is 68.3 Å². The molecule has 0 aliphatic heterocycles. The molecule has 0 aliphatic rings. The van der Waals surface area contributed by atoms with E-state index in [2.05, 4.69) is 28.2 Å². The molecule has 0 saturated carbocycles. The predicted molar refractivity (Wildman–Crippen MR) is 122 cm³/mol. The van der Waals surface area contributed by atoms with Crippen molar-refractivity contribution in [1.29, 1.82) is 0 Å². The standard InChI is InChI=1S/C23H26N4O2S/c1-5-11-27-22(18-7-9-20(10-8-18)29-6-2)25-26-23(27)30-15-21(28)24-19-13-16(3)12-17(4)14-19/h5,7-10,12-14H,1,6,11,15H2,2-4H3,(H,24,28). The molecule has 30 heavy (non-hydrogen) atoms. The Labute approximate surface area is 181 Å². The van der Waals surface area contributed by atoms with Gasteiger partial charge in [-0.2, -0.15) is 0 Å². The van der Waals surface area contributed by atoms with Crippen molar-refractivity contribution < 1.29 is 9.53 Å². The molecule has 1 aromatic heterocycles. The van der Waals surface area contributed by atoms with Gasteiger partial charge in [-0.15, -0.1) is 16.8 Å². The number of aryl methyl sites for hydroxylation is 2. The van der Waals surface area contributed by atoms with Crippen LogP contribution >= 0.6 is 11.8 Å². The maximum atomic E-state index is 12.4. The molecule has 0 saturated heterocycles. The summed E-state index contributed by atoms with van der Waals surface area (Å²) in [7, 11) is 0. The summed E-state index contributed by atoms with van der Waals surface area (Å²) in [6.07, 6.45) is 1.79. The Kier molecular flexibility index (Phi) is 7.30. The average Bonchev–Trinajstić information content (AvgIpc) is 3.09. The lowest BCUT2D eigenvalue weighted by molar-refractivity contribution is -0.113. The molecule has 7 heteroatoms. The van der Waals surface area contributed by atoms with Crippen molar-refractivity contribution in [2.45, 2.75) is 32.5 Å². The molecule has 3 aromatic rings. The van der Waals surface area contributed by atoms with Crippen LogP contribution in [0.4, 0.5) is 5.69 Å². The van der Waals surface area contributed by atoms with Crippen LogP contribution in [0.5, 0.6) is 5.75 Å². The van der Waals surface area contributed by atoms with Crippen molar-refractivity contribution in [3.05, 3.63) is 66.2 Å². The van der Waals surface area contributed by atoms with Gasteiger partial charge in [0.1, 0.15) is 5.75 Å². The van der Waals surface area contributed by atoms with Gasteiger partial charge < -0.3 is 10.1 Å². The first-order valence-corrected chi connectivity index (χ1v) is 10.8. The van der Waals surface area contributed by atoms with E-state index in [9.17, 15) is 4.79 Å². The Morgan fingerprint density at radius 2 is 1.87 bits per heavy atom. The first-order valence-electron chi connectivity index (χ1n) is 9.78. The zero-order valence-electron chi connectivity index (χ0n) is 17.5. The van der Waals surface area contributed by atoms with Gasteiger partial charge in [0.25, 0.3) is 0 Å². The Hall–Kier alpha value is -3.06.